The molecule has 0 radical (unpaired) electrons. The molecule has 0 unspecified atom stereocenters. The zero-order chi connectivity index (χ0) is 13.0. The van der Waals surface area contributed by atoms with Crippen LogP contribution in [0.5, 0.6) is 0 Å². The topological polar surface area (TPSA) is 49.3 Å². The Morgan fingerprint density at radius 3 is 2.89 bits per heavy atom. The minimum absolute atomic E-state index is 0.0424. The molecule has 2 N–H and O–H groups in total. The Hall–Kier alpha value is -1.13. The number of amides is 1. The summed E-state index contributed by atoms with van der Waals surface area (Å²) in [5.74, 6) is -0.116. The third-order valence-electron chi connectivity index (χ3n) is 3.21. The molecule has 18 heavy (non-hydrogen) atoms. The lowest BCUT2D eigenvalue weighted by atomic mass is 10.1. The summed E-state index contributed by atoms with van der Waals surface area (Å²) in [7, 11) is 0. The lowest BCUT2D eigenvalue weighted by Gasteiger charge is -2.11. The third-order valence-corrected chi connectivity index (χ3v) is 3.70. The van der Waals surface area contributed by atoms with Crippen LogP contribution >= 0.6 is 15.9 Å². The van der Waals surface area contributed by atoms with Gasteiger partial charge in [0.05, 0.1) is 6.61 Å². The first kappa shape index (κ1) is 13.3. The zero-order valence-corrected chi connectivity index (χ0v) is 11.6. The smallest absolute Gasteiger partial charge is 0.244 e. The molecule has 1 aliphatic carbocycles. The van der Waals surface area contributed by atoms with Crippen LogP contribution in [0.4, 0.5) is 0 Å². The Kier molecular flexibility index (Phi) is 4.19. The first-order valence-corrected chi connectivity index (χ1v) is 6.75. The molecule has 0 aliphatic heterocycles. The van der Waals surface area contributed by atoms with E-state index in [1.54, 1.807) is 6.08 Å². The van der Waals surface area contributed by atoms with Gasteiger partial charge in [0.15, 0.2) is 0 Å². The van der Waals surface area contributed by atoms with Crippen LogP contribution in [0, 0.1) is 5.41 Å². The van der Waals surface area contributed by atoms with Crippen LogP contribution in [0.25, 0.3) is 6.08 Å². The number of hydrogen-bond donors (Lipinski definition) is 2. The fourth-order valence-electron chi connectivity index (χ4n) is 1.68. The number of carbonyl (C=O) groups excluding carboxylic acids is 1. The molecule has 3 nitrogen and oxygen atoms in total. The fourth-order valence-corrected chi connectivity index (χ4v) is 2.10. The van der Waals surface area contributed by atoms with Crippen LogP contribution in [0.2, 0.25) is 0 Å². The standard InChI is InChI=1S/C14H16BrNO2/c15-12-3-1-2-11(8-12)4-5-13(18)16-9-14(10-17)6-7-14/h1-5,8,17H,6-7,9-10H2,(H,16,18)/b5-4+. The fraction of sp³-hybridized carbons (Fsp3) is 0.357. The van der Waals surface area contributed by atoms with E-state index in [1.807, 2.05) is 24.3 Å². The van der Waals surface area contributed by atoms with Crippen LogP contribution in [0.1, 0.15) is 18.4 Å². The summed E-state index contributed by atoms with van der Waals surface area (Å²) in [4.78, 5) is 11.6. The van der Waals surface area contributed by atoms with Crippen molar-refractivity contribution in [3.8, 4) is 0 Å². The highest BCUT2D eigenvalue weighted by molar-refractivity contribution is 9.10. The molecule has 1 aliphatic rings. The summed E-state index contributed by atoms with van der Waals surface area (Å²) < 4.78 is 0.988. The maximum atomic E-state index is 11.6. The van der Waals surface area contributed by atoms with Gasteiger partial charge in [-0.1, -0.05) is 28.1 Å². The zero-order valence-electron chi connectivity index (χ0n) is 10.0. The van der Waals surface area contributed by atoms with Gasteiger partial charge in [0.1, 0.15) is 0 Å². The number of benzene rings is 1. The highest BCUT2D eigenvalue weighted by Gasteiger charge is 2.41. The molecule has 1 aromatic carbocycles. The van der Waals surface area contributed by atoms with Crippen molar-refractivity contribution in [3.63, 3.8) is 0 Å². The molecular formula is C14H16BrNO2. The van der Waals surface area contributed by atoms with E-state index < -0.39 is 0 Å². The van der Waals surface area contributed by atoms with Crippen molar-refractivity contribution in [3.05, 3.63) is 40.4 Å². The quantitative estimate of drug-likeness (QED) is 0.820. The molecule has 0 atom stereocenters. The Morgan fingerprint density at radius 1 is 1.50 bits per heavy atom. The molecule has 1 aromatic rings. The Balaban J connectivity index is 1.83. The van der Waals surface area contributed by atoms with Gasteiger partial charge in [0.2, 0.25) is 5.91 Å². The van der Waals surface area contributed by atoms with Crippen molar-refractivity contribution in [2.24, 2.45) is 5.41 Å². The highest BCUT2D eigenvalue weighted by atomic mass is 79.9. The third kappa shape index (κ3) is 3.68. The van der Waals surface area contributed by atoms with Gasteiger partial charge in [-0.25, -0.2) is 0 Å². The summed E-state index contributed by atoms with van der Waals surface area (Å²) >= 11 is 3.38. The van der Waals surface area contributed by atoms with Crippen LogP contribution in [-0.2, 0) is 4.79 Å². The first-order chi connectivity index (χ1) is 8.63. The molecule has 0 bridgehead atoms. The average molecular weight is 310 g/mol. The number of halogens is 1. The van der Waals surface area contributed by atoms with Crippen LogP contribution in [0.3, 0.4) is 0 Å². The van der Waals surface area contributed by atoms with Crippen LogP contribution in [0.15, 0.2) is 34.8 Å². The van der Waals surface area contributed by atoms with Gasteiger partial charge in [-0.15, -0.1) is 0 Å². The molecule has 2 rings (SSSR count). The number of aliphatic hydroxyl groups excluding tert-OH is 1. The summed E-state index contributed by atoms with van der Waals surface area (Å²) in [6.45, 7) is 0.716. The minimum Gasteiger partial charge on any atom is -0.396 e. The van der Waals surface area contributed by atoms with Gasteiger partial charge in [-0.2, -0.15) is 0 Å². The molecule has 1 amide bonds. The van der Waals surface area contributed by atoms with Gasteiger partial charge in [-0.3, -0.25) is 4.79 Å². The van der Waals surface area contributed by atoms with E-state index in [1.165, 1.54) is 6.08 Å². The van der Waals surface area contributed by atoms with E-state index in [9.17, 15) is 4.79 Å². The summed E-state index contributed by atoms with van der Waals surface area (Å²) in [5, 5.41) is 12.0. The minimum atomic E-state index is -0.116. The second-order valence-electron chi connectivity index (χ2n) is 4.76. The molecular weight excluding hydrogens is 294 g/mol. The first-order valence-electron chi connectivity index (χ1n) is 5.96. The van der Waals surface area contributed by atoms with Crippen molar-refractivity contribution in [2.45, 2.75) is 12.8 Å². The Bertz CT molecular complexity index is 467. The second-order valence-corrected chi connectivity index (χ2v) is 5.68. The highest BCUT2D eigenvalue weighted by Crippen LogP contribution is 2.44. The Morgan fingerprint density at radius 2 is 2.28 bits per heavy atom. The monoisotopic (exact) mass is 309 g/mol. The number of hydrogen-bond acceptors (Lipinski definition) is 2. The maximum absolute atomic E-state index is 11.6. The lowest BCUT2D eigenvalue weighted by Crippen LogP contribution is -2.30. The van der Waals surface area contributed by atoms with Crippen molar-refractivity contribution in [1.82, 2.24) is 5.32 Å². The van der Waals surface area contributed by atoms with Crippen molar-refractivity contribution < 1.29 is 9.90 Å². The summed E-state index contributed by atoms with van der Waals surface area (Å²) in [6, 6.07) is 7.74. The molecule has 1 fully saturated rings. The molecule has 1 saturated carbocycles. The number of aliphatic hydroxyl groups is 1. The van der Waals surface area contributed by atoms with Crippen molar-refractivity contribution in [2.75, 3.05) is 13.2 Å². The van der Waals surface area contributed by atoms with Gasteiger partial charge in [0.25, 0.3) is 0 Å². The lowest BCUT2D eigenvalue weighted by molar-refractivity contribution is -0.116. The van der Waals surface area contributed by atoms with E-state index in [-0.39, 0.29) is 17.9 Å². The molecule has 0 saturated heterocycles. The molecule has 0 spiro atoms. The molecule has 4 heteroatoms. The van der Waals surface area contributed by atoms with E-state index in [0.717, 1.165) is 22.9 Å². The molecule has 0 heterocycles. The average Bonchev–Trinajstić information content (AvgIpc) is 3.15. The van der Waals surface area contributed by atoms with Crippen molar-refractivity contribution >= 4 is 27.9 Å². The molecule has 96 valence electrons. The number of nitrogens with one attached hydrogen (secondary N) is 1. The van der Waals surface area contributed by atoms with Gasteiger partial charge < -0.3 is 10.4 Å². The maximum Gasteiger partial charge on any atom is 0.244 e. The van der Waals surface area contributed by atoms with E-state index in [0.29, 0.717) is 6.54 Å². The largest absolute Gasteiger partial charge is 0.396 e. The summed E-state index contributed by atoms with van der Waals surface area (Å²) in [6.07, 6.45) is 5.30. The van der Waals surface area contributed by atoms with Gasteiger partial charge >= 0.3 is 0 Å². The van der Waals surface area contributed by atoms with E-state index >= 15 is 0 Å². The van der Waals surface area contributed by atoms with Crippen molar-refractivity contribution in [1.29, 1.82) is 0 Å². The van der Waals surface area contributed by atoms with Gasteiger partial charge in [-0.05, 0) is 36.6 Å². The number of carbonyl (C=O) groups is 1. The second kappa shape index (κ2) is 5.67. The summed E-state index contributed by atoms with van der Waals surface area (Å²) in [5.41, 5.74) is 0.932. The number of rotatable bonds is 5. The SMILES string of the molecule is O=C(/C=C/c1cccc(Br)c1)NCC1(CO)CC1. The molecule has 0 aromatic heterocycles. The Labute approximate surface area is 115 Å². The van der Waals surface area contributed by atoms with Gasteiger partial charge in [0, 0.05) is 22.5 Å². The predicted octanol–water partition coefficient (Wildman–Crippen LogP) is 2.35. The normalized spacial score (nSPS) is 16.8. The van der Waals surface area contributed by atoms with E-state index in [2.05, 4.69) is 21.2 Å². The van der Waals surface area contributed by atoms with E-state index in [4.69, 9.17) is 5.11 Å². The van der Waals surface area contributed by atoms with Crippen LogP contribution < -0.4 is 5.32 Å². The predicted molar refractivity (Wildman–Crippen MR) is 74.9 cm³/mol. The van der Waals surface area contributed by atoms with Crippen LogP contribution in [-0.4, -0.2) is 24.2 Å².